The van der Waals surface area contributed by atoms with Gasteiger partial charge in [-0.15, -0.1) is 6.42 Å². The van der Waals surface area contributed by atoms with E-state index < -0.39 is 0 Å². The molecule has 0 saturated heterocycles. The van der Waals surface area contributed by atoms with Gasteiger partial charge in [-0.1, -0.05) is 31.2 Å². The second-order valence-corrected chi connectivity index (χ2v) is 6.89. The van der Waals surface area contributed by atoms with Gasteiger partial charge < -0.3 is 0 Å². The van der Waals surface area contributed by atoms with E-state index in [2.05, 4.69) is 83.5 Å². The number of hydrogen-bond donors (Lipinski definition) is 0. The maximum Gasteiger partial charge on any atom is 0.212 e. The third-order valence-corrected chi connectivity index (χ3v) is 4.97. The van der Waals surface area contributed by atoms with Crippen LogP contribution in [-0.4, -0.2) is 17.3 Å². The van der Waals surface area contributed by atoms with E-state index in [4.69, 9.17) is 6.42 Å². The third-order valence-electron chi connectivity index (χ3n) is 4.97. The smallest absolute Gasteiger partial charge is 0.197 e. The monoisotopic (exact) mass is 330 g/mol. The highest BCUT2D eigenvalue weighted by atomic mass is 15.0. The summed E-state index contributed by atoms with van der Waals surface area (Å²) in [6, 6.07) is 6.26. The number of hydrogen-bond acceptors (Lipinski definition) is 0. The fraction of sp³-hybridized carbons (Fsp3) is 0.292. The van der Waals surface area contributed by atoms with Crippen molar-refractivity contribution in [1.29, 1.82) is 0 Å². The van der Waals surface area contributed by atoms with Crippen LogP contribution in [0.25, 0.3) is 0 Å². The van der Waals surface area contributed by atoms with Crippen LogP contribution in [0.3, 0.4) is 0 Å². The largest absolute Gasteiger partial charge is 0.212 e. The van der Waals surface area contributed by atoms with Gasteiger partial charge in [-0.05, 0) is 63.5 Å². The van der Waals surface area contributed by atoms with Crippen molar-refractivity contribution in [2.24, 2.45) is 0 Å². The van der Waals surface area contributed by atoms with Gasteiger partial charge in [-0.25, -0.2) is 0 Å². The molecule has 0 aromatic heterocycles. The molecule has 0 saturated carbocycles. The van der Waals surface area contributed by atoms with Crippen LogP contribution in [0, 0.1) is 19.3 Å². The lowest BCUT2D eigenvalue weighted by Crippen LogP contribution is -2.19. The normalized spacial score (nSPS) is 17.8. The van der Waals surface area contributed by atoms with E-state index in [9.17, 15) is 0 Å². The van der Waals surface area contributed by atoms with Gasteiger partial charge in [0.05, 0.1) is 0 Å². The number of aryl methyl sites for hydroxylation is 1. The van der Waals surface area contributed by atoms with Gasteiger partial charge in [0.1, 0.15) is 13.0 Å². The van der Waals surface area contributed by atoms with Crippen LogP contribution in [-0.2, 0) is 0 Å². The Morgan fingerprint density at radius 2 is 1.84 bits per heavy atom. The predicted octanol–water partition coefficient (Wildman–Crippen LogP) is 5.53. The van der Waals surface area contributed by atoms with E-state index in [1.807, 2.05) is 6.07 Å². The van der Waals surface area contributed by atoms with Gasteiger partial charge in [0.25, 0.3) is 0 Å². The van der Waals surface area contributed by atoms with E-state index in [0.717, 1.165) is 16.7 Å². The number of benzene rings is 1. The summed E-state index contributed by atoms with van der Waals surface area (Å²) in [7, 11) is 2.13. The molecule has 1 heteroatoms. The van der Waals surface area contributed by atoms with Gasteiger partial charge in [0.15, 0.2) is 5.71 Å². The molecule has 0 fully saturated rings. The van der Waals surface area contributed by atoms with Crippen LogP contribution in [0.15, 0.2) is 65.4 Å². The molecule has 0 radical (unpaired) electrons. The first-order valence-electron chi connectivity index (χ1n) is 8.61. The second-order valence-electron chi connectivity index (χ2n) is 6.89. The highest BCUT2D eigenvalue weighted by Gasteiger charge is 2.42. The summed E-state index contributed by atoms with van der Waals surface area (Å²) >= 11 is 0. The lowest BCUT2D eigenvalue weighted by Gasteiger charge is -2.17. The molecule has 1 aromatic rings. The van der Waals surface area contributed by atoms with Crippen molar-refractivity contribution in [3.8, 4) is 12.3 Å². The molecule has 0 aliphatic carbocycles. The summed E-state index contributed by atoms with van der Waals surface area (Å²) in [6.07, 6.45) is 7.72. The summed E-state index contributed by atoms with van der Waals surface area (Å²) in [5.41, 5.74) is 10.5. The number of likely N-dealkylation sites (N-methyl/N-ethyl adjacent to an activating group) is 1. The van der Waals surface area contributed by atoms with Crippen molar-refractivity contribution in [3.63, 3.8) is 0 Å². The van der Waals surface area contributed by atoms with Gasteiger partial charge >= 0.3 is 0 Å². The summed E-state index contributed by atoms with van der Waals surface area (Å²) in [6.45, 7) is 19.1. The van der Waals surface area contributed by atoms with Crippen molar-refractivity contribution in [2.75, 3.05) is 7.05 Å². The molecule has 25 heavy (non-hydrogen) atoms. The Kier molecular flexibility index (Phi) is 5.33. The van der Waals surface area contributed by atoms with Crippen molar-refractivity contribution < 1.29 is 4.58 Å². The minimum absolute atomic E-state index is 0.136. The molecule has 128 valence electrons. The highest BCUT2D eigenvalue weighted by Crippen LogP contribution is 2.42. The first kappa shape index (κ1) is 18.7. The van der Waals surface area contributed by atoms with Crippen LogP contribution < -0.4 is 0 Å². The lowest BCUT2D eigenvalue weighted by molar-refractivity contribution is -0.436. The molecular formula is C24H28N+. The Bertz CT molecular complexity index is 895. The molecule has 1 aliphatic rings. The molecule has 0 spiro atoms. The standard InChI is InChI=1S/C24H28N/c1-10-17(7)24-21(15(3)4)22(23(16(5)6)25(24)9)20-13-12-19(11-2)14-18(20)8/h2,10,12-14,22H,3,5H2,1,4,6-9H3/q+1/b17-10-/t22-/m1/s1. The Hall–Kier alpha value is -2.59. The summed E-state index contributed by atoms with van der Waals surface area (Å²) in [5.74, 6) is 2.86. The maximum absolute atomic E-state index is 5.57. The van der Waals surface area contributed by atoms with Gasteiger partial charge in [0, 0.05) is 22.3 Å². The van der Waals surface area contributed by atoms with E-state index in [0.29, 0.717) is 0 Å². The van der Waals surface area contributed by atoms with Crippen molar-refractivity contribution in [2.45, 2.75) is 40.5 Å². The van der Waals surface area contributed by atoms with Crippen molar-refractivity contribution in [1.82, 2.24) is 0 Å². The van der Waals surface area contributed by atoms with E-state index in [1.165, 1.54) is 33.7 Å². The van der Waals surface area contributed by atoms with E-state index in [1.54, 1.807) is 0 Å². The first-order valence-corrected chi connectivity index (χ1v) is 8.61. The highest BCUT2D eigenvalue weighted by molar-refractivity contribution is 6.05. The summed E-state index contributed by atoms with van der Waals surface area (Å²) in [4.78, 5) is 0. The van der Waals surface area contributed by atoms with Crippen molar-refractivity contribution >= 4 is 5.71 Å². The Labute approximate surface area is 152 Å². The molecule has 0 amide bonds. The fourth-order valence-corrected chi connectivity index (χ4v) is 3.76. The molecule has 2 rings (SSSR count). The average molecular weight is 330 g/mol. The van der Waals surface area contributed by atoms with Crippen LogP contribution in [0.4, 0.5) is 0 Å². The van der Waals surface area contributed by atoms with Gasteiger partial charge in [-0.3, -0.25) is 0 Å². The number of terminal acetylenes is 1. The van der Waals surface area contributed by atoms with Crippen LogP contribution in [0.1, 0.15) is 50.3 Å². The van der Waals surface area contributed by atoms with Crippen LogP contribution in [0.2, 0.25) is 0 Å². The Balaban J connectivity index is 2.85. The Morgan fingerprint density at radius 3 is 2.28 bits per heavy atom. The fourth-order valence-electron chi connectivity index (χ4n) is 3.76. The second kappa shape index (κ2) is 7.11. The quantitative estimate of drug-likeness (QED) is 0.504. The zero-order chi connectivity index (χ0) is 18.9. The number of allylic oxidation sites excluding steroid dienone is 5. The maximum atomic E-state index is 5.57. The summed E-state index contributed by atoms with van der Waals surface area (Å²) in [5, 5.41) is 0. The van der Waals surface area contributed by atoms with Crippen LogP contribution >= 0.6 is 0 Å². The molecule has 1 aliphatic heterocycles. The molecule has 1 atom stereocenters. The zero-order valence-electron chi connectivity index (χ0n) is 16.3. The van der Waals surface area contributed by atoms with Crippen molar-refractivity contribution in [3.05, 3.63) is 82.1 Å². The topological polar surface area (TPSA) is 3.01 Å². The van der Waals surface area contributed by atoms with E-state index >= 15 is 0 Å². The molecule has 1 aromatic carbocycles. The summed E-state index contributed by atoms with van der Waals surface area (Å²) < 4.78 is 2.28. The van der Waals surface area contributed by atoms with Gasteiger partial charge in [0.2, 0.25) is 5.70 Å². The number of nitrogens with zero attached hydrogens (tertiary/aromatic N) is 1. The average Bonchev–Trinajstić information content (AvgIpc) is 2.87. The lowest BCUT2D eigenvalue weighted by atomic mass is 9.80. The molecule has 1 heterocycles. The third kappa shape index (κ3) is 3.17. The van der Waals surface area contributed by atoms with Crippen LogP contribution in [0.5, 0.6) is 0 Å². The van der Waals surface area contributed by atoms with Gasteiger partial charge in [-0.2, -0.15) is 4.58 Å². The SMILES string of the molecule is C#Cc1ccc([C@@H]2C(C(=C)C)=C(/C(C)=C\C)[N+](C)=C2C(=C)C)c(C)c1. The molecule has 1 nitrogen and oxygen atoms in total. The minimum Gasteiger partial charge on any atom is -0.197 e. The molecule has 0 bridgehead atoms. The van der Waals surface area contributed by atoms with E-state index in [-0.39, 0.29) is 5.92 Å². The zero-order valence-corrected chi connectivity index (χ0v) is 16.3. The molecule has 0 N–H and O–H groups in total. The Morgan fingerprint density at radius 1 is 1.20 bits per heavy atom. The first-order chi connectivity index (χ1) is 11.7. The number of rotatable bonds is 4. The minimum atomic E-state index is 0.136. The molecular weight excluding hydrogens is 302 g/mol. The molecule has 0 unspecified atom stereocenters. The predicted molar refractivity (Wildman–Crippen MR) is 109 cm³/mol.